The maximum atomic E-state index is 12.3. The summed E-state index contributed by atoms with van der Waals surface area (Å²) in [5.41, 5.74) is 3.72. The van der Waals surface area contributed by atoms with Crippen molar-refractivity contribution in [1.29, 1.82) is 0 Å². The number of carbonyl (C=O) groups is 1. The summed E-state index contributed by atoms with van der Waals surface area (Å²) in [5.74, 6) is 0.0181. The van der Waals surface area contributed by atoms with E-state index in [1.54, 1.807) is 0 Å². The predicted octanol–water partition coefficient (Wildman–Crippen LogP) is 4.16. The van der Waals surface area contributed by atoms with Crippen molar-refractivity contribution < 1.29 is 4.79 Å². The number of aryl methyl sites for hydroxylation is 3. The molecule has 1 N–H and O–H groups in total. The minimum absolute atomic E-state index is 0.0181. The van der Waals surface area contributed by atoms with Gasteiger partial charge in [-0.05, 0) is 37.0 Å². The van der Waals surface area contributed by atoms with Crippen LogP contribution in [0.4, 0.5) is 5.69 Å². The first-order valence-corrected chi connectivity index (χ1v) is 7.68. The standard InChI is InChI=1S/C19H24N2O/c1-14-12-13-20-16(11-10-15-8-6-5-7-9-15)17(14)21-18(22)19(2,3)4/h5-9,12-13H,10-11H2,1-4H3,(H,21,22). The number of nitrogens with zero attached hydrogens (tertiary/aromatic N) is 1. The largest absolute Gasteiger partial charge is 0.324 e. The maximum Gasteiger partial charge on any atom is 0.229 e. The highest BCUT2D eigenvalue weighted by Gasteiger charge is 2.22. The van der Waals surface area contributed by atoms with Crippen LogP contribution in [0, 0.1) is 12.3 Å². The molecule has 2 aromatic rings. The smallest absolute Gasteiger partial charge is 0.229 e. The Hall–Kier alpha value is -2.16. The SMILES string of the molecule is Cc1ccnc(CCc2ccccc2)c1NC(=O)C(C)(C)C. The van der Waals surface area contributed by atoms with Crippen LogP contribution in [0.1, 0.15) is 37.6 Å². The third-order valence-electron chi connectivity index (χ3n) is 3.65. The third kappa shape index (κ3) is 4.17. The van der Waals surface area contributed by atoms with Gasteiger partial charge in [0.05, 0.1) is 11.4 Å². The van der Waals surface area contributed by atoms with Crippen molar-refractivity contribution in [3.05, 3.63) is 59.4 Å². The summed E-state index contributed by atoms with van der Waals surface area (Å²) in [5, 5.41) is 3.05. The average Bonchev–Trinajstić information content (AvgIpc) is 2.48. The van der Waals surface area contributed by atoms with Gasteiger partial charge in [-0.1, -0.05) is 51.1 Å². The minimum Gasteiger partial charge on any atom is -0.324 e. The van der Waals surface area contributed by atoms with Crippen LogP contribution in [0.2, 0.25) is 0 Å². The van der Waals surface area contributed by atoms with Gasteiger partial charge in [0.25, 0.3) is 0 Å². The zero-order valence-electron chi connectivity index (χ0n) is 13.8. The molecule has 22 heavy (non-hydrogen) atoms. The molecule has 3 heteroatoms. The average molecular weight is 296 g/mol. The van der Waals surface area contributed by atoms with Gasteiger partial charge in [-0.2, -0.15) is 0 Å². The molecule has 0 unspecified atom stereocenters. The van der Waals surface area contributed by atoms with Crippen LogP contribution >= 0.6 is 0 Å². The van der Waals surface area contributed by atoms with E-state index in [4.69, 9.17) is 0 Å². The second-order valence-electron chi connectivity index (χ2n) is 6.64. The van der Waals surface area contributed by atoms with Gasteiger partial charge in [-0.15, -0.1) is 0 Å². The van der Waals surface area contributed by atoms with Crippen molar-refractivity contribution in [3.8, 4) is 0 Å². The molecule has 1 heterocycles. The Morgan fingerprint density at radius 2 is 1.77 bits per heavy atom. The molecule has 1 aromatic carbocycles. The first-order chi connectivity index (χ1) is 10.4. The molecular formula is C19H24N2O. The van der Waals surface area contributed by atoms with E-state index in [1.165, 1.54) is 5.56 Å². The van der Waals surface area contributed by atoms with E-state index >= 15 is 0 Å². The van der Waals surface area contributed by atoms with Gasteiger partial charge in [0.1, 0.15) is 0 Å². The molecule has 0 aliphatic heterocycles. The van der Waals surface area contributed by atoms with Crippen molar-refractivity contribution >= 4 is 11.6 Å². The molecule has 0 bridgehead atoms. The fraction of sp³-hybridized carbons (Fsp3) is 0.368. The van der Waals surface area contributed by atoms with Crippen molar-refractivity contribution in [2.45, 2.75) is 40.5 Å². The number of hydrogen-bond acceptors (Lipinski definition) is 2. The molecule has 0 spiro atoms. The number of benzene rings is 1. The number of amides is 1. The van der Waals surface area contributed by atoms with Crippen LogP contribution in [-0.4, -0.2) is 10.9 Å². The van der Waals surface area contributed by atoms with Crippen LogP contribution in [0.3, 0.4) is 0 Å². The van der Waals surface area contributed by atoms with Crippen molar-refractivity contribution in [3.63, 3.8) is 0 Å². The Bertz CT molecular complexity index is 642. The highest BCUT2D eigenvalue weighted by molar-refractivity contribution is 5.95. The molecule has 1 amide bonds. The van der Waals surface area contributed by atoms with E-state index in [0.29, 0.717) is 0 Å². The highest BCUT2D eigenvalue weighted by atomic mass is 16.2. The number of rotatable bonds is 4. The molecule has 0 saturated heterocycles. The van der Waals surface area contributed by atoms with Crippen molar-refractivity contribution in [1.82, 2.24) is 4.98 Å². The summed E-state index contributed by atoms with van der Waals surface area (Å²) in [6.45, 7) is 7.75. The molecule has 0 aliphatic rings. The van der Waals surface area contributed by atoms with E-state index in [1.807, 2.05) is 58.2 Å². The minimum atomic E-state index is -0.418. The van der Waals surface area contributed by atoms with Crippen LogP contribution < -0.4 is 5.32 Å². The lowest BCUT2D eigenvalue weighted by atomic mass is 9.95. The number of nitrogens with one attached hydrogen (secondary N) is 1. The molecule has 0 aliphatic carbocycles. The van der Waals surface area contributed by atoms with Crippen LogP contribution in [0.15, 0.2) is 42.6 Å². The van der Waals surface area contributed by atoms with Gasteiger partial charge in [0.2, 0.25) is 5.91 Å². The summed E-state index contributed by atoms with van der Waals surface area (Å²) in [4.78, 5) is 16.7. The predicted molar refractivity (Wildman–Crippen MR) is 90.9 cm³/mol. The normalized spacial score (nSPS) is 11.3. The monoisotopic (exact) mass is 296 g/mol. The Kier molecular flexibility index (Phi) is 4.96. The fourth-order valence-electron chi connectivity index (χ4n) is 2.18. The van der Waals surface area contributed by atoms with Crippen molar-refractivity contribution in [2.75, 3.05) is 5.32 Å². The Morgan fingerprint density at radius 1 is 1.09 bits per heavy atom. The first-order valence-electron chi connectivity index (χ1n) is 7.68. The number of hydrogen-bond donors (Lipinski definition) is 1. The lowest BCUT2D eigenvalue weighted by molar-refractivity contribution is -0.123. The van der Waals surface area contributed by atoms with E-state index in [2.05, 4.69) is 22.4 Å². The molecular weight excluding hydrogens is 272 g/mol. The van der Waals surface area contributed by atoms with E-state index < -0.39 is 5.41 Å². The lowest BCUT2D eigenvalue weighted by Gasteiger charge is -2.20. The summed E-state index contributed by atoms with van der Waals surface area (Å²) in [6.07, 6.45) is 3.53. The molecule has 0 fully saturated rings. The van der Waals surface area contributed by atoms with E-state index in [-0.39, 0.29) is 5.91 Å². The molecule has 0 saturated carbocycles. The Labute approximate surface area is 132 Å². The zero-order valence-corrected chi connectivity index (χ0v) is 13.8. The Balaban J connectivity index is 2.18. The van der Waals surface area contributed by atoms with Crippen molar-refractivity contribution in [2.24, 2.45) is 5.41 Å². The van der Waals surface area contributed by atoms with E-state index in [9.17, 15) is 4.79 Å². The molecule has 3 nitrogen and oxygen atoms in total. The number of anilines is 1. The summed E-state index contributed by atoms with van der Waals surface area (Å²) < 4.78 is 0. The summed E-state index contributed by atoms with van der Waals surface area (Å²) in [7, 11) is 0. The molecule has 2 rings (SSSR count). The fourth-order valence-corrected chi connectivity index (χ4v) is 2.18. The second-order valence-corrected chi connectivity index (χ2v) is 6.64. The number of pyridine rings is 1. The molecule has 116 valence electrons. The summed E-state index contributed by atoms with van der Waals surface area (Å²) >= 11 is 0. The van der Waals surface area contributed by atoms with Crippen LogP contribution in [0.25, 0.3) is 0 Å². The Morgan fingerprint density at radius 3 is 2.41 bits per heavy atom. The molecule has 0 radical (unpaired) electrons. The summed E-state index contributed by atoms with van der Waals surface area (Å²) in [6, 6.07) is 12.3. The maximum absolute atomic E-state index is 12.3. The zero-order chi connectivity index (χ0) is 16.2. The highest BCUT2D eigenvalue weighted by Crippen LogP contribution is 2.23. The van der Waals surface area contributed by atoms with Gasteiger partial charge in [-0.3, -0.25) is 9.78 Å². The van der Waals surface area contributed by atoms with Gasteiger partial charge in [0.15, 0.2) is 0 Å². The van der Waals surface area contributed by atoms with Gasteiger partial charge in [0, 0.05) is 11.6 Å². The first kappa shape index (κ1) is 16.2. The quantitative estimate of drug-likeness (QED) is 0.920. The van der Waals surface area contributed by atoms with Gasteiger partial charge in [-0.25, -0.2) is 0 Å². The molecule has 0 atom stereocenters. The lowest BCUT2D eigenvalue weighted by Crippen LogP contribution is -2.28. The van der Waals surface area contributed by atoms with E-state index in [0.717, 1.165) is 29.8 Å². The van der Waals surface area contributed by atoms with Crippen LogP contribution in [0.5, 0.6) is 0 Å². The third-order valence-corrected chi connectivity index (χ3v) is 3.65. The molecule has 1 aromatic heterocycles. The second kappa shape index (κ2) is 6.73. The van der Waals surface area contributed by atoms with Gasteiger partial charge >= 0.3 is 0 Å². The number of carbonyl (C=O) groups excluding carboxylic acids is 1. The van der Waals surface area contributed by atoms with Crippen LogP contribution in [-0.2, 0) is 17.6 Å². The topological polar surface area (TPSA) is 42.0 Å². The number of aromatic nitrogens is 1. The van der Waals surface area contributed by atoms with Gasteiger partial charge < -0.3 is 5.32 Å².